The fourth-order valence-corrected chi connectivity index (χ4v) is 2.48. The number of carbonyl (C=O) groups is 1. The number of hydrogen-bond donors (Lipinski definition) is 2. The number of nitrogens with one attached hydrogen (secondary N) is 1. The molecule has 3 aromatic rings. The van der Waals surface area contributed by atoms with Crippen LogP contribution in [-0.2, 0) is 0 Å². The van der Waals surface area contributed by atoms with Crippen LogP contribution in [0.15, 0.2) is 53.3 Å². The number of aromatic nitrogens is 2. The van der Waals surface area contributed by atoms with Crippen molar-refractivity contribution in [1.82, 2.24) is 9.97 Å². The van der Waals surface area contributed by atoms with Crippen LogP contribution >= 0.6 is 15.9 Å². The fourth-order valence-electron chi connectivity index (χ4n) is 1.99. The summed E-state index contributed by atoms with van der Waals surface area (Å²) in [6, 6.07) is 12.2. The third kappa shape index (κ3) is 2.71. The number of pyridine rings is 2. The predicted octanol–water partition coefficient (Wildman–Crippen LogP) is 3.35. The van der Waals surface area contributed by atoms with Gasteiger partial charge in [0.15, 0.2) is 0 Å². The Morgan fingerprint density at radius 2 is 1.95 bits per heavy atom. The van der Waals surface area contributed by atoms with Crippen LogP contribution in [0.25, 0.3) is 10.9 Å². The first-order chi connectivity index (χ1) is 10.1. The molecule has 1 amide bonds. The largest absolute Gasteiger partial charge is 0.493 e. The number of carbonyl (C=O) groups excluding carboxylic acids is 1. The molecule has 2 N–H and O–H groups in total. The van der Waals surface area contributed by atoms with Crippen LogP contribution in [-0.4, -0.2) is 21.0 Å². The van der Waals surface area contributed by atoms with Crippen LogP contribution in [0.2, 0.25) is 0 Å². The van der Waals surface area contributed by atoms with Crippen molar-refractivity contribution in [3.63, 3.8) is 0 Å². The molecule has 2 heterocycles. The molecule has 0 spiro atoms. The lowest BCUT2D eigenvalue weighted by Gasteiger charge is -2.08. The van der Waals surface area contributed by atoms with E-state index in [4.69, 9.17) is 0 Å². The molecule has 0 fully saturated rings. The standard InChI is InChI=1S/C15H10BrN3O2/c16-14-10(6-7-12(20)19-14)15(21)18-11-5-1-3-9-4-2-8-17-13(9)11/h1-8H,(H,18,21)(H,19,20). The normalized spacial score (nSPS) is 10.5. The quantitative estimate of drug-likeness (QED) is 0.699. The number of aromatic hydroxyl groups is 1. The van der Waals surface area contributed by atoms with Gasteiger partial charge in [-0.3, -0.25) is 9.78 Å². The highest BCUT2D eigenvalue weighted by molar-refractivity contribution is 9.10. The van der Waals surface area contributed by atoms with E-state index in [1.807, 2.05) is 24.3 Å². The second-order valence-electron chi connectivity index (χ2n) is 4.34. The van der Waals surface area contributed by atoms with Crippen LogP contribution in [0.5, 0.6) is 5.88 Å². The van der Waals surface area contributed by atoms with Crippen molar-refractivity contribution >= 4 is 38.4 Å². The van der Waals surface area contributed by atoms with Gasteiger partial charge in [-0.25, -0.2) is 4.98 Å². The minimum absolute atomic E-state index is 0.148. The van der Waals surface area contributed by atoms with Gasteiger partial charge in [-0.15, -0.1) is 0 Å². The summed E-state index contributed by atoms with van der Waals surface area (Å²) in [5.41, 5.74) is 1.68. The van der Waals surface area contributed by atoms with E-state index in [1.165, 1.54) is 12.1 Å². The molecule has 6 heteroatoms. The van der Waals surface area contributed by atoms with Gasteiger partial charge >= 0.3 is 0 Å². The fraction of sp³-hybridized carbons (Fsp3) is 0. The average Bonchev–Trinajstić information content (AvgIpc) is 2.47. The zero-order valence-corrected chi connectivity index (χ0v) is 12.3. The molecular formula is C15H10BrN3O2. The lowest BCUT2D eigenvalue weighted by atomic mass is 10.2. The van der Waals surface area contributed by atoms with Gasteiger partial charge in [0.25, 0.3) is 5.91 Å². The first-order valence-electron chi connectivity index (χ1n) is 6.16. The molecule has 0 saturated carbocycles. The van der Waals surface area contributed by atoms with Gasteiger partial charge in [0.1, 0.15) is 4.60 Å². The van der Waals surface area contributed by atoms with Crippen LogP contribution in [0.3, 0.4) is 0 Å². The number of para-hydroxylation sites is 1. The summed E-state index contributed by atoms with van der Waals surface area (Å²) in [5, 5.41) is 13.0. The highest BCUT2D eigenvalue weighted by atomic mass is 79.9. The molecular weight excluding hydrogens is 334 g/mol. The molecule has 5 nitrogen and oxygen atoms in total. The van der Waals surface area contributed by atoms with Gasteiger partial charge < -0.3 is 10.4 Å². The minimum Gasteiger partial charge on any atom is -0.493 e. The summed E-state index contributed by atoms with van der Waals surface area (Å²) in [5.74, 6) is -0.474. The van der Waals surface area contributed by atoms with Crippen molar-refractivity contribution in [2.24, 2.45) is 0 Å². The number of halogens is 1. The van der Waals surface area contributed by atoms with Crippen molar-refractivity contribution < 1.29 is 9.90 Å². The first-order valence-corrected chi connectivity index (χ1v) is 6.95. The highest BCUT2D eigenvalue weighted by Gasteiger charge is 2.13. The Hall–Kier alpha value is -2.47. The van der Waals surface area contributed by atoms with Crippen LogP contribution in [0, 0.1) is 0 Å². The number of hydrogen-bond acceptors (Lipinski definition) is 4. The summed E-state index contributed by atoms with van der Waals surface area (Å²) in [7, 11) is 0. The van der Waals surface area contributed by atoms with E-state index < -0.39 is 0 Å². The van der Waals surface area contributed by atoms with E-state index in [2.05, 4.69) is 31.2 Å². The second kappa shape index (κ2) is 5.49. The third-order valence-corrected chi connectivity index (χ3v) is 3.56. The van der Waals surface area contributed by atoms with Crippen LogP contribution in [0.1, 0.15) is 10.4 Å². The smallest absolute Gasteiger partial charge is 0.258 e. The van der Waals surface area contributed by atoms with E-state index in [9.17, 15) is 9.90 Å². The van der Waals surface area contributed by atoms with E-state index in [0.29, 0.717) is 11.3 Å². The lowest BCUT2D eigenvalue weighted by Crippen LogP contribution is -2.13. The molecule has 0 radical (unpaired) electrons. The maximum Gasteiger partial charge on any atom is 0.258 e. The Balaban J connectivity index is 1.97. The summed E-state index contributed by atoms with van der Waals surface area (Å²) in [6.45, 7) is 0. The van der Waals surface area contributed by atoms with Gasteiger partial charge in [-0.1, -0.05) is 18.2 Å². The SMILES string of the molecule is O=C(Nc1cccc2cccnc12)c1ccc(O)nc1Br. The predicted molar refractivity (Wildman–Crippen MR) is 83.3 cm³/mol. The number of nitrogens with zero attached hydrogens (tertiary/aromatic N) is 2. The Labute approximate surface area is 128 Å². The first kappa shape index (κ1) is 13.5. The van der Waals surface area contributed by atoms with Crippen molar-refractivity contribution in [2.45, 2.75) is 0 Å². The highest BCUT2D eigenvalue weighted by Crippen LogP contribution is 2.23. The number of benzene rings is 1. The van der Waals surface area contributed by atoms with Crippen molar-refractivity contribution in [3.8, 4) is 5.88 Å². The molecule has 0 saturated heterocycles. The average molecular weight is 344 g/mol. The number of rotatable bonds is 2. The van der Waals surface area contributed by atoms with Crippen LogP contribution < -0.4 is 5.32 Å². The summed E-state index contributed by atoms with van der Waals surface area (Å²) in [4.78, 5) is 20.4. The Morgan fingerprint density at radius 1 is 1.14 bits per heavy atom. The maximum atomic E-state index is 12.3. The number of amides is 1. The van der Waals surface area contributed by atoms with Gasteiger partial charge in [-0.2, -0.15) is 0 Å². The third-order valence-electron chi connectivity index (χ3n) is 2.96. The molecule has 21 heavy (non-hydrogen) atoms. The Morgan fingerprint density at radius 3 is 2.76 bits per heavy atom. The van der Waals surface area contributed by atoms with Crippen molar-refractivity contribution in [2.75, 3.05) is 5.32 Å². The number of anilines is 1. The van der Waals surface area contributed by atoms with Crippen molar-refractivity contribution in [3.05, 3.63) is 58.8 Å². The molecule has 0 aliphatic carbocycles. The van der Waals surface area contributed by atoms with Crippen molar-refractivity contribution in [1.29, 1.82) is 0 Å². The molecule has 104 valence electrons. The molecule has 0 atom stereocenters. The zero-order chi connectivity index (χ0) is 14.8. The van der Waals surface area contributed by atoms with Gasteiger partial charge in [0.05, 0.1) is 16.8 Å². The summed E-state index contributed by atoms with van der Waals surface area (Å²) >= 11 is 3.16. The zero-order valence-electron chi connectivity index (χ0n) is 10.7. The van der Waals surface area contributed by atoms with Gasteiger partial charge in [0, 0.05) is 17.6 Å². The second-order valence-corrected chi connectivity index (χ2v) is 5.09. The lowest BCUT2D eigenvalue weighted by molar-refractivity contribution is 0.102. The van der Waals surface area contributed by atoms with E-state index >= 15 is 0 Å². The topological polar surface area (TPSA) is 75.1 Å². The van der Waals surface area contributed by atoms with E-state index in [1.54, 1.807) is 12.3 Å². The summed E-state index contributed by atoms with van der Waals surface area (Å²) < 4.78 is 0.285. The molecule has 0 aliphatic rings. The molecule has 0 unspecified atom stereocenters. The minimum atomic E-state index is -0.326. The Bertz CT molecular complexity index is 831. The van der Waals surface area contributed by atoms with E-state index in [0.717, 1.165) is 10.9 Å². The van der Waals surface area contributed by atoms with Gasteiger partial charge in [0.2, 0.25) is 5.88 Å². The molecule has 2 aromatic heterocycles. The summed E-state index contributed by atoms with van der Waals surface area (Å²) in [6.07, 6.45) is 1.68. The molecule has 0 bridgehead atoms. The Kier molecular flexibility index (Phi) is 3.53. The van der Waals surface area contributed by atoms with Crippen LogP contribution in [0.4, 0.5) is 5.69 Å². The van der Waals surface area contributed by atoms with E-state index in [-0.39, 0.29) is 16.4 Å². The monoisotopic (exact) mass is 343 g/mol. The van der Waals surface area contributed by atoms with Gasteiger partial charge in [-0.05, 0) is 34.1 Å². The molecule has 1 aromatic carbocycles. The molecule has 3 rings (SSSR count). The molecule has 0 aliphatic heterocycles. The maximum absolute atomic E-state index is 12.3. The number of fused-ring (bicyclic) bond motifs is 1.